The third-order valence-corrected chi connectivity index (χ3v) is 6.39. The number of rotatable bonds is 5. The van der Waals surface area contributed by atoms with Crippen molar-refractivity contribution in [3.63, 3.8) is 0 Å². The van der Waals surface area contributed by atoms with Gasteiger partial charge in [-0.3, -0.25) is 4.72 Å². The van der Waals surface area contributed by atoms with Crippen LogP contribution >= 0.6 is 58.1 Å². The quantitative estimate of drug-likeness (QED) is 0.395. The van der Waals surface area contributed by atoms with E-state index in [4.69, 9.17) is 34.8 Å². The first-order chi connectivity index (χ1) is 12.0. The molecule has 9 heteroatoms. The molecule has 0 bridgehead atoms. The van der Waals surface area contributed by atoms with Gasteiger partial charge in [0.15, 0.2) is 4.34 Å². The molecule has 3 aromatic rings. The number of carbonyl (C=O) groups excluding carboxylic acids is 1. The maximum absolute atomic E-state index is 11.9. The number of urea groups is 1. The smallest absolute Gasteiger partial charge is 0.325 e. The summed E-state index contributed by atoms with van der Waals surface area (Å²) in [6.45, 7) is 0.381. The molecule has 25 heavy (non-hydrogen) atoms. The number of para-hydroxylation sites is 1. The summed E-state index contributed by atoms with van der Waals surface area (Å²) < 4.78 is 4.57. The molecule has 0 saturated heterocycles. The second kappa shape index (κ2) is 8.47. The Hall–Kier alpha value is -1.18. The van der Waals surface area contributed by atoms with Crippen LogP contribution in [0, 0.1) is 0 Å². The van der Waals surface area contributed by atoms with E-state index in [1.165, 1.54) is 23.3 Å². The molecule has 0 fully saturated rings. The van der Waals surface area contributed by atoms with Gasteiger partial charge in [-0.1, -0.05) is 46.9 Å². The van der Waals surface area contributed by atoms with Crippen LogP contribution in [0.15, 0.2) is 40.7 Å². The molecule has 4 nitrogen and oxygen atoms in total. The summed E-state index contributed by atoms with van der Waals surface area (Å²) in [6, 6.07) is 10.9. The Morgan fingerprint density at radius 3 is 2.68 bits per heavy atom. The molecule has 0 saturated carbocycles. The number of carbonyl (C=O) groups is 1. The fourth-order valence-corrected chi connectivity index (χ4v) is 4.51. The molecule has 2 amide bonds. The number of hydrogen-bond acceptors (Lipinski definition) is 4. The molecular weight excluding hydrogens is 421 g/mol. The van der Waals surface area contributed by atoms with Crippen LogP contribution in [0.4, 0.5) is 4.79 Å². The number of fused-ring (bicyclic) bond motifs is 1. The average Bonchev–Trinajstić information content (AvgIpc) is 3.02. The number of halogens is 3. The fraction of sp³-hybridized carbons (Fsp3) is 0.125. The van der Waals surface area contributed by atoms with Crippen molar-refractivity contribution < 1.29 is 4.79 Å². The molecule has 3 rings (SSSR count). The molecule has 2 N–H and O–H groups in total. The van der Waals surface area contributed by atoms with Crippen LogP contribution in [0.2, 0.25) is 15.1 Å². The average molecular weight is 433 g/mol. The van der Waals surface area contributed by atoms with Crippen molar-refractivity contribution in [1.29, 1.82) is 0 Å². The summed E-state index contributed by atoms with van der Waals surface area (Å²) in [7, 11) is 0. The molecule has 0 radical (unpaired) electrons. The number of hydrogen-bond donors (Lipinski definition) is 2. The summed E-state index contributed by atoms with van der Waals surface area (Å²) in [5, 5.41) is 4.14. The number of aromatic nitrogens is 1. The lowest BCUT2D eigenvalue weighted by molar-refractivity contribution is 0.246. The SMILES string of the molecule is O=C(NCCc1c(Cl)ccc(Cl)c1Cl)NSc1nc2ccccc2s1. The van der Waals surface area contributed by atoms with E-state index in [0.717, 1.165) is 20.1 Å². The minimum Gasteiger partial charge on any atom is -0.337 e. The first-order valence-electron chi connectivity index (χ1n) is 7.23. The van der Waals surface area contributed by atoms with Gasteiger partial charge in [0.2, 0.25) is 0 Å². The Balaban J connectivity index is 1.49. The molecular formula is C16H12Cl3N3OS2. The van der Waals surface area contributed by atoms with Crippen molar-refractivity contribution in [1.82, 2.24) is 15.0 Å². The maximum atomic E-state index is 11.9. The van der Waals surface area contributed by atoms with Gasteiger partial charge in [0.1, 0.15) is 0 Å². The molecule has 0 atom stereocenters. The van der Waals surface area contributed by atoms with Crippen LogP contribution in [0.3, 0.4) is 0 Å². The zero-order valence-electron chi connectivity index (χ0n) is 12.7. The van der Waals surface area contributed by atoms with E-state index < -0.39 is 0 Å². The highest BCUT2D eigenvalue weighted by Gasteiger charge is 2.11. The Labute approximate surface area is 168 Å². The van der Waals surface area contributed by atoms with Gasteiger partial charge in [0.25, 0.3) is 0 Å². The third-order valence-electron chi connectivity index (χ3n) is 3.30. The van der Waals surface area contributed by atoms with Crippen LogP contribution in [-0.2, 0) is 6.42 Å². The first kappa shape index (κ1) is 18.6. The van der Waals surface area contributed by atoms with E-state index in [-0.39, 0.29) is 6.03 Å². The van der Waals surface area contributed by atoms with Gasteiger partial charge in [0.05, 0.1) is 20.3 Å². The Morgan fingerprint density at radius 2 is 1.88 bits per heavy atom. The standard InChI is InChI=1S/C16H12Cl3N3OS2/c17-10-5-6-11(18)14(19)9(10)7-8-20-15(23)22-25-16-21-12-3-1-2-4-13(12)24-16/h1-6H,7-8H2,(H2,20,22,23). The number of benzene rings is 2. The number of nitrogens with zero attached hydrogens (tertiary/aromatic N) is 1. The summed E-state index contributed by atoms with van der Waals surface area (Å²) in [5.41, 5.74) is 1.64. The summed E-state index contributed by atoms with van der Waals surface area (Å²) >= 11 is 20.9. The molecule has 0 spiro atoms. The van der Waals surface area contributed by atoms with E-state index in [2.05, 4.69) is 15.0 Å². The van der Waals surface area contributed by atoms with E-state index in [0.29, 0.717) is 28.0 Å². The molecule has 1 aromatic heterocycles. The maximum Gasteiger partial charge on any atom is 0.325 e. The lowest BCUT2D eigenvalue weighted by atomic mass is 10.1. The van der Waals surface area contributed by atoms with E-state index >= 15 is 0 Å². The monoisotopic (exact) mass is 431 g/mol. The number of thiazole rings is 1. The predicted molar refractivity (Wildman–Crippen MR) is 107 cm³/mol. The molecule has 2 aromatic carbocycles. The van der Waals surface area contributed by atoms with Gasteiger partial charge < -0.3 is 5.32 Å². The van der Waals surface area contributed by atoms with Crippen molar-refractivity contribution in [3.8, 4) is 0 Å². The zero-order valence-corrected chi connectivity index (χ0v) is 16.6. The molecule has 130 valence electrons. The van der Waals surface area contributed by atoms with Gasteiger partial charge in [-0.15, -0.1) is 11.3 Å². The van der Waals surface area contributed by atoms with Gasteiger partial charge in [-0.25, -0.2) is 9.78 Å². The number of nitrogens with one attached hydrogen (secondary N) is 2. The van der Waals surface area contributed by atoms with Crippen LogP contribution in [-0.4, -0.2) is 17.6 Å². The number of amides is 2. The molecule has 0 aliphatic rings. The predicted octanol–water partition coefficient (Wildman–Crippen LogP) is 5.81. The van der Waals surface area contributed by atoms with Crippen LogP contribution < -0.4 is 10.0 Å². The largest absolute Gasteiger partial charge is 0.337 e. The van der Waals surface area contributed by atoms with Crippen molar-refractivity contribution in [2.45, 2.75) is 10.8 Å². The topological polar surface area (TPSA) is 54.0 Å². The van der Waals surface area contributed by atoms with Crippen molar-refractivity contribution in [3.05, 3.63) is 57.0 Å². The summed E-state index contributed by atoms with van der Waals surface area (Å²) in [6.07, 6.45) is 0.484. The fourth-order valence-electron chi connectivity index (χ4n) is 2.12. The highest BCUT2D eigenvalue weighted by atomic mass is 35.5. The normalized spacial score (nSPS) is 10.8. The Bertz CT molecular complexity index is 884. The molecule has 0 unspecified atom stereocenters. The van der Waals surface area contributed by atoms with Crippen LogP contribution in [0.25, 0.3) is 10.2 Å². The lowest BCUT2D eigenvalue weighted by Crippen LogP contribution is -2.32. The second-order valence-corrected chi connectivity index (χ2v) is 8.26. The summed E-state index contributed by atoms with van der Waals surface area (Å²) in [4.78, 5) is 16.3. The zero-order chi connectivity index (χ0) is 17.8. The second-order valence-electron chi connectivity index (χ2n) is 4.98. The highest BCUT2D eigenvalue weighted by molar-refractivity contribution is 7.99. The van der Waals surface area contributed by atoms with Crippen molar-refractivity contribution >= 4 is 74.3 Å². The Morgan fingerprint density at radius 1 is 1.12 bits per heavy atom. The molecule has 0 aliphatic heterocycles. The highest BCUT2D eigenvalue weighted by Crippen LogP contribution is 2.31. The van der Waals surface area contributed by atoms with Crippen LogP contribution in [0.5, 0.6) is 0 Å². The molecule has 1 heterocycles. The molecule has 0 aliphatic carbocycles. The minimum absolute atomic E-state index is 0.307. The van der Waals surface area contributed by atoms with Crippen molar-refractivity contribution in [2.24, 2.45) is 0 Å². The van der Waals surface area contributed by atoms with E-state index in [1.54, 1.807) is 12.1 Å². The summed E-state index contributed by atoms with van der Waals surface area (Å²) in [5.74, 6) is 0. The Kier molecular flexibility index (Phi) is 6.30. The van der Waals surface area contributed by atoms with Crippen molar-refractivity contribution in [2.75, 3.05) is 6.54 Å². The van der Waals surface area contributed by atoms with Gasteiger partial charge in [-0.2, -0.15) is 0 Å². The lowest BCUT2D eigenvalue weighted by Gasteiger charge is -2.09. The van der Waals surface area contributed by atoms with Gasteiger partial charge in [0, 0.05) is 23.5 Å². The first-order valence-corrected chi connectivity index (χ1v) is 10.00. The van der Waals surface area contributed by atoms with Gasteiger partial charge >= 0.3 is 6.03 Å². The van der Waals surface area contributed by atoms with E-state index in [1.807, 2.05) is 24.3 Å². The van der Waals surface area contributed by atoms with E-state index in [9.17, 15) is 4.79 Å². The minimum atomic E-state index is -0.307. The van der Waals surface area contributed by atoms with Gasteiger partial charge in [-0.05, 0) is 36.2 Å². The third kappa shape index (κ3) is 4.71. The van der Waals surface area contributed by atoms with Crippen LogP contribution in [0.1, 0.15) is 5.56 Å².